The summed E-state index contributed by atoms with van der Waals surface area (Å²) in [5.41, 5.74) is 0. The van der Waals surface area contributed by atoms with Crippen molar-refractivity contribution in [1.29, 1.82) is 0 Å². The molecule has 17 heavy (non-hydrogen) atoms. The van der Waals surface area contributed by atoms with Crippen LogP contribution >= 0.6 is 0 Å². The smallest absolute Gasteiger partial charge is 0.0443 e. The Morgan fingerprint density at radius 2 is 1.00 bits per heavy atom. The molecule has 0 aromatic carbocycles. The summed E-state index contributed by atoms with van der Waals surface area (Å²) in [6.07, 6.45) is 15.8. The van der Waals surface area contributed by atoms with E-state index in [1.165, 1.54) is 70.6 Å². The Morgan fingerprint density at radius 3 is 1.53 bits per heavy atom. The van der Waals surface area contributed by atoms with Gasteiger partial charge >= 0.3 is 0 Å². The molecule has 0 heteroatoms. The summed E-state index contributed by atoms with van der Waals surface area (Å²) < 4.78 is 0. The van der Waals surface area contributed by atoms with Gasteiger partial charge in [-0.1, -0.05) is 98.3 Å². The molecule has 2 atom stereocenters. The van der Waals surface area contributed by atoms with Gasteiger partial charge in [-0.25, -0.2) is 0 Å². The van der Waals surface area contributed by atoms with Crippen molar-refractivity contribution in [3.8, 4) is 0 Å². The molecule has 0 bridgehead atoms. The van der Waals surface area contributed by atoms with E-state index in [1.807, 2.05) is 0 Å². The fourth-order valence-electron chi connectivity index (χ4n) is 2.58. The Bertz CT molecular complexity index is 139. The van der Waals surface area contributed by atoms with Crippen LogP contribution in [0.15, 0.2) is 0 Å². The Kier molecular flexibility index (Phi) is 12.5. The number of hydrogen-bond donors (Lipinski definition) is 0. The molecule has 0 nitrogen and oxygen atoms in total. The predicted octanol–water partition coefficient (Wildman–Crippen LogP) is 6.59. The van der Waals surface area contributed by atoms with Crippen molar-refractivity contribution in [1.82, 2.24) is 0 Å². The van der Waals surface area contributed by atoms with E-state index >= 15 is 0 Å². The number of rotatable bonds is 12. The van der Waals surface area contributed by atoms with Gasteiger partial charge in [0.25, 0.3) is 0 Å². The minimum absolute atomic E-state index is 0.960. The molecule has 0 radical (unpaired) electrons. The summed E-state index contributed by atoms with van der Waals surface area (Å²) in [7, 11) is 0. The molecule has 0 heterocycles. The van der Waals surface area contributed by atoms with E-state index < -0.39 is 0 Å². The minimum atomic E-state index is 0.960. The zero-order valence-electron chi connectivity index (χ0n) is 12.9. The Hall–Kier alpha value is 0. The molecule has 0 unspecified atom stereocenters. The molecule has 0 saturated carbocycles. The van der Waals surface area contributed by atoms with Crippen LogP contribution in [0.1, 0.15) is 98.3 Å². The largest absolute Gasteiger partial charge is 0.0654 e. The van der Waals surface area contributed by atoms with Crippen LogP contribution in [0.5, 0.6) is 0 Å². The first-order valence-electron chi connectivity index (χ1n) is 8.20. The van der Waals surface area contributed by atoms with Gasteiger partial charge in [0.05, 0.1) is 0 Å². The summed E-state index contributed by atoms with van der Waals surface area (Å²) in [4.78, 5) is 0. The van der Waals surface area contributed by atoms with E-state index in [9.17, 15) is 0 Å². The molecule has 0 N–H and O–H groups in total. The second-order valence-corrected chi connectivity index (χ2v) is 6.13. The number of unbranched alkanes of at least 4 members (excludes halogenated alkanes) is 4. The van der Waals surface area contributed by atoms with Gasteiger partial charge in [0.1, 0.15) is 0 Å². The van der Waals surface area contributed by atoms with E-state index in [4.69, 9.17) is 0 Å². The van der Waals surface area contributed by atoms with Gasteiger partial charge in [-0.15, -0.1) is 0 Å². The van der Waals surface area contributed by atoms with Gasteiger partial charge in [0.15, 0.2) is 0 Å². The van der Waals surface area contributed by atoms with E-state index in [0.29, 0.717) is 0 Å². The maximum Gasteiger partial charge on any atom is -0.0443 e. The Morgan fingerprint density at radius 1 is 0.529 bits per heavy atom. The molecular weight excluding hydrogens is 204 g/mol. The average molecular weight is 240 g/mol. The van der Waals surface area contributed by atoms with Crippen molar-refractivity contribution in [3.05, 3.63) is 0 Å². The fraction of sp³-hybridized carbons (Fsp3) is 1.00. The van der Waals surface area contributed by atoms with Crippen LogP contribution in [-0.4, -0.2) is 0 Å². The normalized spacial score (nSPS) is 14.8. The summed E-state index contributed by atoms with van der Waals surface area (Å²) >= 11 is 0. The lowest BCUT2D eigenvalue weighted by atomic mass is 9.92. The molecular formula is C17H36. The van der Waals surface area contributed by atoms with Gasteiger partial charge in [0.2, 0.25) is 0 Å². The standard InChI is InChI=1S/C17H36/c1-5-7-9-10-13-17(4)15-11-14-16(3)12-8-6-2/h16-17H,5-15H2,1-4H3/t16-,17+/m1/s1. The van der Waals surface area contributed by atoms with E-state index in [2.05, 4.69) is 27.7 Å². The predicted molar refractivity (Wildman–Crippen MR) is 80.5 cm³/mol. The first-order chi connectivity index (χ1) is 8.20. The highest BCUT2D eigenvalue weighted by molar-refractivity contribution is 4.58. The van der Waals surface area contributed by atoms with Crippen LogP contribution in [0.3, 0.4) is 0 Å². The number of hydrogen-bond acceptors (Lipinski definition) is 0. The monoisotopic (exact) mass is 240 g/mol. The van der Waals surface area contributed by atoms with Crippen LogP contribution in [0.25, 0.3) is 0 Å². The molecule has 0 aliphatic carbocycles. The lowest BCUT2D eigenvalue weighted by Crippen LogP contribution is -1.99. The van der Waals surface area contributed by atoms with Crippen molar-refractivity contribution in [2.45, 2.75) is 98.3 Å². The Balaban J connectivity index is 3.28. The maximum atomic E-state index is 2.45. The molecule has 0 spiro atoms. The summed E-state index contributed by atoms with van der Waals surface area (Å²) in [6.45, 7) is 9.47. The molecule has 0 aliphatic rings. The molecule has 0 saturated heterocycles. The molecule has 0 aromatic heterocycles. The van der Waals surface area contributed by atoms with Crippen LogP contribution in [-0.2, 0) is 0 Å². The van der Waals surface area contributed by atoms with Crippen molar-refractivity contribution >= 4 is 0 Å². The lowest BCUT2D eigenvalue weighted by Gasteiger charge is -2.14. The summed E-state index contributed by atoms with van der Waals surface area (Å²) in [5.74, 6) is 1.92. The first-order valence-corrected chi connectivity index (χ1v) is 8.20. The van der Waals surface area contributed by atoms with Crippen molar-refractivity contribution in [2.24, 2.45) is 11.8 Å². The lowest BCUT2D eigenvalue weighted by molar-refractivity contribution is 0.395. The summed E-state index contributed by atoms with van der Waals surface area (Å²) in [5, 5.41) is 0. The third-order valence-electron chi connectivity index (χ3n) is 3.99. The Labute approximate surface area is 111 Å². The van der Waals surface area contributed by atoms with Crippen molar-refractivity contribution in [2.75, 3.05) is 0 Å². The highest BCUT2D eigenvalue weighted by Gasteiger charge is 2.05. The quantitative estimate of drug-likeness (QED) is 0.338. The fourth-order valence-corrected chi connectivity index (χ4v) is 2.58. The second-order valence-electron chi connectivity index (χ2n) is 6.13. The van der Waals surface area contributed by atoms with Gasteiger partial charge in [-0.05, 0) is 11.8 Å². The van der Waals surface area contributed by atoms with Gasteiger partial charge in [-0.3, -0.25) is 0 Å². The van der Waals surface area contributed by atoms with Crippen LogP contribution in [0.2, 0.25) is 0 Å². The molecule has 104 valence electrons. The van der Waals surface area contributed by atoms with E-state index in [0.717, 1.165) is 11.8 Å². The summed E-state index contributed by atoms with van der Waals surface area (Å²) in [6, 6.07) is 0. The van der Waals surface area contributed by atoms with Crippen molar-refractivity contribution < 1.29 is 0 Å². The van der Waals surface area contributed by atoms with E-state index in [-0.39, 0.29) is 0 Å². The average Bonchev–Trinajstić information content (AvgIpc) is 2.32. The zero-order valence-corrected chi connectivity index (χ0v) is 12.9. The molecule has 0 fully saturated rings. The molecule has 0 aromatic rings. The van der Waals surface area contributed by atoms with Crippen molar-refractivity contribution in [3.63, 3.8) is 0 Å². The molecule has 0 aliphatic heterocycles. The highest BCUT2D eigenvalue weighted by atomic mass is 14.1. The maximum absolute atomic E-state index is 2.45. The first kappa shape index (κ1) is 17.0. The SMILES string of the molecule is CCCCCC[C@H](C)CCC[C@H](C)CCCC. The van der Waals surface area contributed by atoms with E-state index in [1.54, 1.807) is 0 Å². The highest BCUT2D eigenvalue weighted by Crippen LogP contribution is 2.20. The van der Waals surface area contributed by atoms with Crippen LogP contribution in [0.4, 0.5) is 0 Å². The topological polar surface area (TPSA) is 0 Å². The third kappa shape index (κ3) is 12.2. The minimum Gasteiger partial charge on any atom is -0.0654 e. The van der Waals surface area contributed by atoms with Crippen LogP contribution in [0, 0.1) is 11.8 Å². The zero-order chi connectivity index (χ0) is 12.9. The van der Waals surface area contributed by atoms with Crippen LogP contribution < -0.4 is 0 Å². The van der Waals surface area contributed by atoms with Gasteiger partial charge in [0, 0.05) is 0 Å². The molecule has 0 amide bonds. The van der Waals surface area contributed by atoms with Gasteiger partial charge in [-0.2, -0.15) is 0 Å². The second kappa shape index (κ2) is 12.5. The third-order valence-corrected chi connectivity index (χ3v) is 3.99. The molecule has 0 rings (SSSR count). The van der Waals surface area contributed by atoms with Gasteiger partial charge < -0.3 is 0 Å².